The zero-order valence-corrected chi connectivity index (χ0v) is 11.3. The van der Waals surface area contributed by atoms with Crippen LogP contribution in [-0.4, -0.2) is 27.3 Å². The molecule has 0 N–H and O–H groups in total. The van der Waals surface area contributed by atoms with E-state index in [9.17, 15) is 0 Å². The summed E-state index contributed by atoms with van der Waals surface area (Å²) < 4.78 is 0. The summed E-state index contributed by atoms with van der Waals surface area (Å²) in [6.45, 7) is 0. The van der Waals surface area contributed by atoms with Crippen molar-refractivity contribution in [1.29, 1.82) is 0 Å². The molecule has 4 heavy (non-hydrogen) atoms. The minimum Gasteiger partial charge on any atom is 0 e. The Balaban J connectivity index is 0. The average Bonchev–Trinajstić information content (AvgIpc) is 0. The molecule has 0 spiro atoms. The molecule has 0 aromatic heterocycles. The van der Waals surface area contributed by atoms with E-state index in [1.54, 1.807) is 0 Å². The van der Waals surface area contributed by atoms with Crippen LogP contribution in [0.3, 0.4) is 0 Å². The molecule has 0 saturated heterocycles. The van der Waals surface area contributed by atoms with Crippen LogP contribution in [0.4, 0.5) is 0 Å². The Kier molecular flexibility index (Phi) is 124. The molecule has 0 heterocycles. The summed E-state index contributed by atoms with van der Waals surface area (Å²) in [5, 5.41) is 0. The first kappa shape index (κ1) is 29.1. The first-order valence-corrected chi connectivity index (χ1v) is 0. The van der Waals surface area contributed by atoms with Crippen LogP contribution in [0.1, 0.15) is 0 Å². The fraction of sp³-hybridized carbons (Fsp3) is 0. The largest absolute Gasteiger partial charge is 0 e. The monoisotopic (exact) mass is 435 g/mol. The van der Waals surface area contributed by atoms with Crippen LogP contribution in [0.5, 0.6) is 0 Å². The summed E-state index contributed by atoms with van der Waals surface area (Å²) in [6, 6.07) is 0. The van der Waals surface area contributed by atoms with E-state index in [0.29, 0.717) is 0 Å². The molecule has 0 aromatic carbocycles. The molecule has 5 radical (unpaired) electrons. The van der Waals surface area contributed by atoms with Crippen molar-refractivity contribution in [3.8, 4) is 0 Å². The standard InChI is InChI=1S/Ag.Fe.Pb.Zn. The van der Waals surface area contributed by atoms with Gasteiger partial charge in [-0.15, -0.1) is 0 Å². The summed E-state index contributed by atoms with van der Waals surface area (Å²) in [5.41, 5.74) is 0. The molecule has 0 rings (SSSR count). The Labute approximate surface area is 84.8 Å². The van der Waals surface area contributed by atoms with E-state index in [1.807, 2.05) is 0 Å². The smallest absolute Gasteiger partial charge is 0 e. The Morgan fingerprint density at radius 3 is 1.00 bits per heavy atom. The van der Waals surface area contributed by atoms with Crippen LogP contribution >= 0.6 is 0 Å². The van der Waals surface area contributed by atoms with Crippen LogP contribution in [-0.2, 0) is 58.9 Å². The average molecular weight is 436 g/mol. The van der Waals surface area contributed by atoms with Gasteiger partial charge in [0.25, 0.3) is 0 Å². The molecule has 4 heteroatoms. The van der Waals surface area contributed by atoms with Crippen molar-refractivity contribution >= 4 is 27.3 Å². The number of hydrogen-bond acceptors (Lipinski definition) is 0. The van der Waals surface area contributed by atoms with Crippen LogP contribution in [0.2, 0.25) is 0 Å². The van der Waals surface area contributed by atoms with E-state index in [0.717, 1.165) is 0 Å². The van der Waals surface area contributed by atoms with Crippen molar-refractivity contribution < 1.29 is 58.9 Å². The molecule has 0 saturated carbocycles. The van der Waals surface area contributed by atoms with Gasteiger partial charge in [0.1, 0.15) is 0 Å². The second-order valence-electron chi connectivity index (χ2n) is 0. The van der Waals surface area contributed by atoms with Crippen LogP contribution in [0, 0.1) is 0 Å². The van der Waals surface area contributed by atoms with Crippen molar-refractivity contribution in [1.82, 2.24) is 0 Å². The second kappa shape index (κ2) is 17.0. The molecule has 0 aromatic rings. The van der Waals surface area contributed by atoms with Gasteiger partial charge < -0.3 is 0 Å². The van der Waals surface area contributed by atoms with E-state index < -0.39 is 0 Å². The van der Waals surface area contributed by atoms with E-state index in [4.69, 9.17) is 0 Å². The minimum absolute atomic E-state index is 0. The fourth-order valence-electron chi connectivity index (χ4n) is 0. The second-order valence-corrected chi connectivity index (χ2v) is 0. The van der Waals surface area contributed by atoms with Gasteiger partial charge in [-0.2, -0.15) is 0 Å². The molecular formula is AgFePbZn. The van der Waals surface area contributed by atoms with Gasteiger partial charge in [-0.25, -0.2) is 0 Å². The zero-order chi connectivity index (χ0) is 0. The van der Waals surface area contributed by atoms with Gasteiger partial charge in [0.05, 0.1) is 0 Å². The van der Waals surface area contributed by atoms with Gasteiger partial charge in [-0.05, 0) is 0 Å². The molecule has 0 nitrogen and oxygen atoms in total. The molecular weight excluding hydrogens is 436 g/mol. The van der Waals surface area contributed by atoms with Gasteiger partial charge in [0.15, 0.2) is 0 Å². The summed E-state index contributed by atoms with van der Waals surface area (Å²) in [6.07, 6.45) is 0. The normalized spacial score (nSPS) is 0. The van der Waals surface area contributed by atoms with Crippen molar-refractivity contribution in [3.05, 3.63) is 0 Å². The summed E-state index contributed by atoms with van der Waals surface area (Å²) >= 11 is 0. The maximum absolute atomic E-state index is 0. The Morgan fingerprint density at radius 2 is 1.00 bits per heavy atom. The van der Waals surface area contributed by atoms with Gasteiger partial charge in [-0.1, -0.05) is 0 Å². The third-order valence-corrected chi connectivity index (χ3v) is 0. The summed E-state index contributed by atoms with van der Waals surface area (Å²) in [7, 11) is 0. The van der Waals surface area contributed by atoms with Crippen molar-refractivity contribution in [2.75, 3.05) is 0 Å². The van der Waals surface area contributed by atoms with Crippen molar-refractivity contribution in [2.45, 2.75) is 0 Å². The van der Waals surface area contributed by atoms with Crippen LogP contribution in [0.25, 0.3) is 0 Å². The Morgan fingerprint density at radius 1 is 1.00 bits per heavy atom. The van der Waals surface area contributed by atoms with Crippen LogP contribution < -0.4 is 0 Å². The Hall–Kier alpha value is 2.81. The quantitative estimate of drug-likeness (QED) is 0.454. The van der Waals surface area contributed by atoms with Gasteiger partial charge >= 0.3 is 0 Å². The summed E-state index contributed by atoms with van der Waals surface area (Å²) in [4.78, 5) is 0. The maximum atomic E-state index is 0. The van der Waals surface area contributed by atoms with Gasteiger partial charge in [0.2, 0.25) is 0 Å². The molecule has 0 bridgehead atoms. The SMILES string of the molecule is [Ag].[Fe].[Pb].[Zn]. The van der Waals surface area contributed by atoms with Crippen molar-refractivity contribution in [2.24, 2.45) is 0 Å². The first-order valence-electron chi connectivity index (χ1n) is 0. The van der Waals surface area contributed by atoms with Gasteiger partial charge in [-0.3, -0.25) is 0 Å². The van der Waals surface area contributed by atoms with E-state index in [2.05, 4.69) is 0 Å². The Bertz CT molecular complexity index is 8.00. The summed E-state index contributed by atoms with van der Waals surface area (Å²) in [5.74, 6) is 0. The molecule has 0 atom stereocenters. The minimum atomic E-state index is 0. The predicted octanol–water partition coefficient (Wildman–Crippen LogP) is -0.388. The maximum Gasteiger partial charge on any atom is 0 e. The van der Waals surface area contributed by atoms with E-state index in [-0.39, 0.29) is 86.2 Å². The predicted molar refractivity (Wildman–Crippen MR) is 5.75 cm³/mol. The molecule has 0 unspecified atom stereocenters. The molecule has 0 fully saturated rings. The first-order chi connectivity index (χ1) is 0. The third-order valence-electron chi connectivity index (χ3n) is 0. The zero-order valence-electron chi connectivity index (χ0n) is 1.86. The fourth-order valence-corrected chi connectivity index (χ4v) is 0. The number of rotatable bonds is 0. The third kappa shape index (κ3) is 8.84. The van der Waals surface area contributed by atoms with Crippen molar-refractivity contribution in [3.63, 3.8) is 0 Å². The molecule has 0 amide bonds. The van der Waals surface area contributed by atoms with Gasteiger partial charge in [0, 0.05) is 86.2 Å². The topological polar surface area (TPSA) is 0 Å². The molecule has 0 aliphatic heterocycles. The number of hydrogen-bond donors (Lipinski definition) is 0. The molecule has 0 aliphatic carbocycles. The van der Waals surface area contributed by atoms with Crippen LogP contribution in [0.15, 0.2) is 0 Å². The molecule has 0 aliphatic rings. The molecule has 25 valence electrons. The van der Waals surface area contributed by atoms with E-state index >= 15 is 0 Å². The van der Waals surface area contributed by atoms with E-state index in [1.165, 1.54) is 0 Å².